The first-order valence-corrected chi connectivity index (χ1v) is 9.25. The molecular formula is C19H27F2N3O. The zero-order chi connectivity index (χ0) is 17.6. The number of hydrogen-bond acceptors (Lipinski definition) is 2. The van der Waals surface area contributed by atoms with E-state index in [4.69, 9.17) is 4.74 Å². The molecule has 0 aromatic heterocycles. The Labute approximate surface area is 148 Å². The summed E-state index contributed by atoms with van der Waals surface area (Å²) in [4.78, 5) is 4.53. The molecule has 0 amide bonds. The van der Waals surface area contributed by atoms with Gasteiger partial charge in [-0.3, -0.25) is 4.99 Å². The first-order chi connectivity index (χ1) is 12.2. The van der Waals surface area contributed by atoms with Crippen molar-refractivity contribution in [1.82, 2.24) is 10.6 Å². The second kappa shape index (κ2) is 8.61. The van der Waals surface area contributed by atoms with Crippen molar-refractivity contribution < 1.29 is 13.5 Å². The van der Waals surface area contributed by atoms with Crippen molar-refractivity contribution in [2.24, 2.45) is 10.9 Å². The SMILES string of the molecule is CCNC(=NCCCOCC1CC1)NC1CC1c1c(F)cccc1F. The van der Waals surface area contributed by atoms with Crippen molar-refractivity contribution in [2.75, 3.05) is 26.3 Å². The monoisotopic (exact) mass is 351 g/mol. The lowest BCUT2D eigenvalue weighted by Crippen LogP contribution is -2.39. The van der Waals surface area contributed by atoms with E-state index in [1.165, 1.54) is 31.0 Å². The fourth-order valence-electron chi connectivity index (χ4n) is 2.93. The van der Waals surface area contributed by atoms with Gasteiger partial charge in [-0.15, -0.1) is 0 Å². The van der Waals surface area contributed by atoms with Gasteiger partial charge < -0.3 is 15.4 Å². The van der Waals surface area contributed by atoms with Crippen LogP contribution in [-0.4, -0.2) is 38.3 Å². The van der Waals surface area contributed by atoms with Crippen LogP contribution in [0.2, 0.25) is 0 Å². The second-order valence-electron chi connectivity index (χ2n) is 6.86. The average molecular weight is 351 g/mol. The van der Waals surface area contributed by atoms with Gasteiger partial charge in [-0.05, 0) is 50.7 Å². The molecule has 0 saturated heterocycles. The molecule has 2 aliphatic rings. The molecule has 0 spiro atoms. The Morgan fingerprint density at radius 3 is 2.72 bits per heavy atom. The maximum Gasteiger partial charge on any atom is 0.191 e. The lowest BCUT2D eigenvalue weighted by molar-refractivity contribution is 0.123. The maximum absolute atomic E-state index is 13.9. The first kappa shape index (κ1) is 18.1. The summed E-state index contributed by atoms with van der Waals surface area (Å²) in [6.07, 6.45) is 4.20. The van der Waals surface area contributed by atoms with Gasteiger partial charge in [0.2, 0.25) is 0 Å². The van der Waals surface area contributed by atoms with Crippen LogP contribution in [0, 0.1) is 17.6 Å². The summed E-state index contributed by atoms with van der Waals surface area (Å²) in [5.41, 5.74) is 0.185. The molecule has 4 nitrogen and oxygen atoms in total. The Balaban J connectivity index is 1.44. The largest absolute Gasteiger partial charge is 0.381 e. The Hall–Kier alpha value is -1.69. The first-order valence-electron chi connectivity index (χ1n) is 9.25. The van der Waals surface area contributed by atoms with Gasteiger partial charge in [-0.2, -0.15) is 0 Å². The van der Waals surface area contributed by atoms with Gasteiger partial charge in [-0.1, -0.05) is 6.07 Å². The van der Waals surface area contributed by atoms with Crippen LogP contribution < -0.4 is 10.6 Å². The zero-order valence-corrected chi connectivity index (χ0v) is 14.7. The van der Waals surface area contributed by atoms with Gasteiger partial charge in [0.1, 0.15) is 11.6 Å². The second-order valence-corrected chi connectivity index (χ2v) is 6.86. The zero-order valence-electron chi connectivity index (χ0n) is 14.7. The minimum absolute atomic E-state index is 0.0234. The topological polar surface area (TPSA) is 45.7 Å². The molecule has 0 heterocycles. The minimum Gasteiger partial charge on any atom is -0.381 e. The number of hydrogen-bond donors (Lipinski definition) is 2. The summed E-state index contributed by atoms with van der Waals surface area (Å²) in [6.45, 7) is 5.02. The van der Waals surface area contributed by atoms with Crippen molar-refractivity contribution >= 4 is 5.96 Å². The van der Waals surface area contributed by atoms with Crippen molar-refractivity contribution in [1.29, 1.82) is 0 Å². The van der Waals surface area contributed by atoms with E-state index in [9.17, 15) is 8.78 Å². The normalized spacial score (nSPS) is 22.8. The van der Waals surface area contributed by atoms with Crippen LogP contribution >= 0.6 is 0 Å². The van der Waals surface area contributed by atoms with Crippen molar-refractivity contribution in [2.45, 2.75) is 44.6 Å². The van der Waals surface area contributed by atoms with Crippen molar-refractivity contribution in [3.8, 4) is 0 Å². The molecule has 2 fully saturated rings. The smallest absolute Gasteiger partial charge is 0.191 e. The Morgan fingerprint density at radius 1 is 1.28 bits per heavy atom. The van der Waals surface area contributed by atoms with Crippen LogP contribution in [0.1, 0.15) is 44.1 Å². The third-order valence-corrected chi connectivity index (χ3v) is 4.59. The van der Waals surface area contributed by atoms with Crippen molar-refractivity contribution in [3.63, 3.8) is 0 Å². The molecule has 2 N–H and O–H groups in total. The Bertz CT molecular complexity index is 584. The van der Waals surface area contributed by atoms with E-state index in [2.05, 4.69) is 15.6 Å². The third-order valence-electron chi connectivity index (χ3n) is 4.59. The summed E-state index contributed by atoms with van der Waals surface area (Å²) in [5, 5.41) is 6.46. The van der Waals surface area contributed by atoms with Gasteiger partial charge in [0.05, 0.1) is 0 Å². The van der Waals surface area contributed by atoms with Gasteiger partial charge in [-0.25, -0.2) is 8.78 Å². The van der Waals surface area contributed by atoms with Crippen LogP contribution in [-0.2, 0) is 4.74 Å². The van der Waals surface area contributed by atoms with E-state index < -0.39 is 11.6 Å². The minimum atomic E-state index is -0.468. The Morgan fingerprint density at radius 2 is 2.04 bits per heavy atom. The summed E-state index contributed by atoms with van der Waals surface area (Å²) >= 11 is 0. The summed E-state index contributed by atoms with van der Waals surface area (Å²) in [7, 11) is 0. The number of aliphatic imine (C=N–C) groups is 1. The van der Waals surface area contributed by atoms with E-state index in [-0.39, 0.29) is 17.5 Å². The standard InChI is InChI=1S/C19H27F2N3O/c1-2-22-19(23-9-4-10-25-12-13-7-8-13)24-17-11-14(17)18-15(20)5-3-6-16(18)21/h3,5-6,13-14,17H,2,4,7-12H2,1H3,(H2,22,23,24). The van der Waals surface area contributed by atoms with Gasteiger partial charge in [0.25, 0.3) is 0 Å². The highest BCUT2D eigenvalue weighted by atomic mass is 19.1. The number of halogens is 2. The molecule has 6 heteroatoms. The Kier molecular flexibility index (Phi) is 6.24. The number of rotatable bonds is 9. The van der Waals surface area contributed by atoms with Crippen LogP contribution in [0.5, 0.6) is 0 Å². The number of benzene rings is 1. The van der Waals surface area contributed by atoms with E-state index in [0.717, 1.165) is 32.1 Å². The maximum atomic E-state index is 13.9. The fraction of sp³-hybridized carbons (Fsp3) is 0.632. The molecule has 1 aromatic carbocycles. The summed E-state index contributed by atoms with van der Waals surface area (Å²) < 4.78 is 33.3. The summed E-state index contributed by atoms with van der Waals surface area (Å²) in [5.74, 6) is 0.419. The highest BCUT2D eigenvalue weighted by Gasteiger charge is 2.42. The lowest BCUT2D eigenvalue weighted by Gasteiger charge is -2.12. The van der Waals surface area contributed by atoms with E-state index >= 15 is 0 Å². The molecule has 138 valence electrons. The molecule has 25 heavy (non-hydrogen) atoms. The number of nitrogens with one attached hydrogen (secondary N) is 2. The molecule has 0 bridgehead atoms. The third kappa shape index (κ3) is 5.39. The van der Waals surface area contributed by atoms with Crippen LogP contribution in [0.25, 0.3) is 0 Å². The van der Waals surface area contributed by atoms with Gasteiger partial charge in [0, 0.05) is 43.8 Å². The molecule has 1 aromatic rings. The van der Waals surface area contributed by atoms with E-state index in [1.54, 1.807) is 0 Å². The van der Waals surface area contributed by atoms with Crippen LogP contribution in [0.15, 0.2) is 23.2 Å². The molecule has 2 saturated carbocycles. The number of ether oxygens (including phenoxy) is 1. The number of nitrogens with zero attached hydrogens (tertiary/aromatic N) is 1. The van der Waals surface area contributed by atoms with E-state index in [0.29, 0.717) is 18.9 Å². The predicted octanol–water partition coefficient (Wildman–Crippen LogP) is 3.19. The van der Waals surface area contributed by atoms with E-state index in [1.807, 2.05) is 6.92 Å². The highest BCUT2D eigenvalue weighted by Crippen LogP contribution is 2.43. The molecule has 3 rings (SSSR count). The molecule has 0 radical (unpaired) electrons. The van der Waals surface area contributed by atoms with Crippen molar-refractivity contribution in [3.05, 3.63) is 35.4 Å². The lowest BCUT2D eigenvalue weighted by atomic mass is 10.1. The molecule has 0 aliphatic heterocycles. The fourth-order valence-corrected chi connectivity index (χ4v) is 2.93. The quantitative estimate of drug-likeness (QED) is 0.408. The number of guanidine groups is 1. The van der Waals surface area contributed by atoms with Crippen LogP contribution in [0.3, 0.4) is 0 Å². The summed E-state index contributed by atoms with van der Waals surface area (Å²) in [6, 6.07) is 4.05. The molecular weight excluding hydrogens is 324 g/mol. The predicted molar refractivity (Wildman–Crippen MR) is 94.8 cm³/mol. The van der Waals surface area contributed by atoms with Crippen LogP contribution in [0.4, 0.5) is 8.78 Å². The van der Waals surface area contributed by atoms with Gasteiger partial charge in [0.15, 0.2) is 5.96 Å². The molecule has 2 atom stereocenters. The average Bonchev–Trinajstić information content (AvgIpc) is 3.48. The highest BCUT2D eigenvalue weighted by molar-refractivity contribution is 5.80. The molecule has 2 aliphatic carbocycles. The molecule has 2 unspecified atom stereocenters. The van der Waals surface area contributed by atoms with Gasteiger partial charge >= 0.3 is 0 Å².